The van der Waals surface area contributed by atoms with Crippen molar-refractivity contribution in [1.82, 2.24) is 0 Å². The van der Waals surface area contributed by atoms with E-state index < -0.39 is 6.10 Å². The van der Waals surface area contributed by atoms with Crippen molar-refractivity contribution >= 4 is 0 Å². The summed E-state index contributed by atoms with van der Waals surface area (Å²) >= 11 is 0. The number of aliphatic hydroxyl groups is 2. The van der Waals surface area contributed by atoms with E-state index in [0.717, 1.165) is 29.5 Å². The van der Waals surface area contributed by atoms with E-state index in [9.17, 15) is 15.3 Å². The zero-order chi connectivity index (χ0) is 17.1. The fraction of sp³-hybridized carbons (Fsp3) is 0.600. The summed E-state index contributed by atoms with van der Waals surface area (Å²) in [7, 11) is 0. The smallest absolute Gasteiger partial charge is 0.119 e. The van der Waals surface area contributed by atoms with Crippen molar-refractivity contribution < 1.29 is 15.3 Å². The molecule has 1 aliphatic carbocycles. The molecule has 23 heavy (non-hydrogen) atoms. The number of fused-ring (bicyclic) bond motifs is 1. The molecule has 1 aromatic rings. The standard InChI is InChI=1S/C20H30O3/c1-12(2)6-5-7-14(4)15-10-18(22)17(11-21)20-16(15)8-13(3)9-19(20)23/h6,8-9,14-15,17-18,21-23H,5,7,10-11H2,1-4H3. The molecule has 4 atom stereocenters. The molecule has 4 unspecified atom stereocenters. The molecule has 0 aliphatic heterocycles. The third kappa shape index (κ3) is 3.96. The molecule has 0 aromatic heterocycles. The maximum Gasteiger partial charge on any atom is 0.119 e. The van der Waals surface area contributed by atoms with Crippen LogP contribution in [0.15, 0.2) is 23.8 Å². The Hall–Kier alpha value is -1.32. The van der Waals surface area contributed by atoms with Crippen LogP contribution in [-0.2, 0) is 0 Å². The summed E-state index contributed by atoms with van der Waals surface area (Å²) in [4.78, 5) is 0. The topological polar surface area (TPSA) is 60.7 Å². The number of benzene rings is 1. The van der Waals surface area contributed by atoms with Crippen LogP contribution in [-0.4, -0.2) is 28.0 Å². The Morgan fingerprint density at radius 3 is 2.65 bits per heavy atom. The van der Waals surface area contributed by atoms with Crippen molar-refractivity contribution in [3.8, 4) is 5.75 Å². The van der Waals surface area contributed by atoms with Crippen molar-refractivity contribution in [2.75, 3.05) is 6.61 Å². The molecular formula is C20H30O3. The molecule has 3 nitrogen and oxygen atoms in total. The summed E-state index contributed by atoms with van der Waals surface area (Å²) in [6.07, 6.45) is 4.39. The van der Waals surface area contributed by atoms with Gasteiger partial charge in [0, 0.05) is 11.5 Å². The highest BCUT2D eigenvalue weighted by atomic mass is 16.3. The lowest BCUT2D eigenvalue weighted by Gasteiger charge is -2.38. The fourth-order valence-corrected chi connectivity index (χ4v) is 3.85. The lowest BCUT2D eigenvalue weighted by Crippen LogP contribution is -2.32. The Bertz CT molecular complexity index is 572. The van der Waals surface area contributed by atoms with Crippen molar-refractivity contribution in [3.63, 3.8) is 0 Å². The highest BCUT2D eigenvalue weighted by Gasteiger charge is 2.37. The first-order valence-corrected chi connectivity index (χ1v) is 8.60. The van der Waals surface area contributed by atoms with E-state index >= 15 is 0 Å². The Kier molecular flexibility index (Phi) is 5.88. The van der Waals surface area contributed by atoms with E-state index in [1.54, 1.807) is 6.07 Å². The molecule has 0 radical (unpaired) electrons. The molecule has 1 aromatic carbocycles. The quantitative estimate of drug-likeness (QED) is 0.719. The largest absolute Gasteiger partial charge is 0.508 e. The SMILES string of the molecule is CC(C)=CCCC(C)C1CC(O)C(CO)c2c(O)cc(C)cc21. The van der Waals surface area contributed by atoms with E-state index in [1.807, 2.05) is 6.92 Å². The van der Waals surface area contributed by atoms with Crippen LogP contribution in [0.25, 0.3) is 0 Å². The van der Waals surface area contributed by atoms with Gasteiger partial charge in [0.2, 0.25) is 0 Å². The summed E-state index contributed by atoms with van der Waals surface area (Å²) in [5.74, 6) is 0.463. The number of aliphatic hydroxyl groups excluding tert-OH is 2. The average Bonchev–Trinajstić information content (AvgIpc) is 2.46. The summed E-state index contributed by atoms with van der Waals surface area (Å²) in [6, 6.07) is 3.84. The number of aromatic hydroxyl groups is 1. The first kappa shape index (κ1) is 18.0. The molecule has 3 heteroatoms. The normalized spacial score (nSPS) is 24.9. The van der Waals surface area contributed by atoms with Gasteiger partial charge in [0.15, 0.2) is 0 Å². The number of phenolic OH excluding ortho intramolecular Hbond substituents is 1. The first-order valence-electron chi connectivity index (χ1n) is 8.60. The Morgan fingerprint density at radius 1 is 1.35 bits per heavy atom. The predicted octanol–water partition coefficient (Wildman–Crippen LogP) is 4.01. The predicted molar refractivity (Wildman–Crippen MR) is 93.9 cm³/mol. The highest BCUT2D eigenvalue weighted by Crippen LogP contribution is 2.47. The van der Waals surface area contributed by atoms with Crippen molar-refractivity contribution in [2.24, 2.45) is 5.92 Å². The molecule has 0 saturated carbocycles. The number of hydrogen-bond donors (Lipinski definition) is 3. The van der Waals surface area contributed by atoms with Gasteiger partial charge >= 0.3 is 0 Å². The van der Waals surface area contributed by atoms with Crippen LogP contribution >= 0.6 is 0 Å². The highest BCUT2D eigenvalue weighted by molar-refractivity contribution is 5.49. The van der Waals surface area contributed by atoms with Gasteiger partial charge in [-0.25, -0.2) is 0 Å². The van der Waals surface area contributed by atoms with Gasteiger partial charge in [0.1, 0.15) is 5.75 Å². The van der Waals surface area contributed by atoms with Crippen LogP contribution < -0.4 is 0 Å². The van der Waals surface area contributed by atoms with Gasteiger partial charge < -0.3 is 15.3 Å². The van der Waals surface area contributed by atoms with Crippen LogP contribution in [0.1, 0.15) is 68.6 Å². The van der Waals surface area contributed by atoms with Gasteiger partial charge in [-0.1, -0.05) is 24.6 Å². The molecular weight excluding hydrogens is 288 g/mol. The van der Waals surface area contributed by atoms with E-state index in [4.69, 9.17) is 0 Å². The molecule has 2 rings (SSSR count). The lowest BCUT2D eigenvalue weighted by molar-refractivity contribution is 0.0747. The molecule has 0 fully saturated rings. The minimum atomic E-state index is -0.600. The van der Waals surface area contributed by atoms with Crippen molar-refractivity contribution in [2.45, 2.75) is 64.9 Å². The number of aryl methyl sites for hydroxylation is 1. The van der Waals surface area contributed by atoms with Crippen LogP contribution in [0, 0.1) is 12.8 Å². The molecule has 0 bridgehead atoms. The third-order valence-electron chi connectivity index (χ3n) is 5.12. The number of phenols is 1. The van der Waals surface area contributed by atoms with E-state index in [1.165, 1.54) is 5.57 Å². The number of allylic oxidation sites excluding steroid dienone is 2. The summed E-state index contributed by atoms with van der Waals surface area (Å²) in [5.41, 5.74) is 4.21. The van der Waals surface area contributed by atoms with Gasteiger partial charge in [-0.3, -0.25) is 0 Å². The van der Waals surface area contributed by atoms with Gasteiger partial charge in [0.05, 0.1) is 12.7 Å². The molecule has 3 N–H and O–H groups in total. The summed E-state index contributed by atoms with van der Waals surface area (Å²) in [5, 5.41) is 30.5. The zero-order valence-corrected chi connectivity index (χ0v) is 14.7. The molecule has 0 amide bonds. The van der Waals surface area contributed by atoms with Crippen LogP contribution in [0.5, 0.6) is 5.75 Å². The van der Waals surface area contributed by atoms with E-state index in [0.29, 0.717) is 12.3 Å². The number of hydrogen-bond acceptors (Lipinski definition) is 3. The lowest BCUT2D eigenvalue weighted by atomic mass is 9.69. The van der Waals surface area contributed by atoms with E-state index in [-0.39, 0.29) is 24.2 Å². The number of rotatable bonds is 5. The van der Waals surface area contributed by atoms with Crippen molar-refractivity contribution in [1.29, 1.82) is 0 Å². The van der Waals surface area contributed by atoms with Gasteiger partial charge in [-0.2, -0.15) is 0 Å². The summed E-state index contributed by atoms with van der Waals surface area (Å²) < 4.78 is 0. The molecule has 1 aliphatic rings. The maximum absolute atomic E-state index is 10.5. The second-order valence-electron chi connectivity index (χ2n) is 7.32. The minimum absolute atomic E-state index is 0.135. The Morgan fingerprint density at radius 2 is 2.04 bits per heavy atom. The summed E-state index contributed by atoms with van der Waals surface area (Å²) in [6.45, 7) is 8.28. The second-order valence-corrected chi connectivity index (χ2v) is 7.32. The molecule has 0 spiro atoms. The average molecular weight is 318 g/mol. The van der Waals surface area contributed by atoms with E-state index in [2.05, 4.69) is 32.9 Å². The second kappa shape index (κ2) is 7.50. The van der Waals surface area contributed by atoms with Crippen LogP contribution in [0.4, 0.5) is 0 Å². The molecule has 0 saturated heterocycles. The van der Waals surface area contributed by atoms with Crippen molar-refractivity contribution in [3.05, 3.63) is 40.5 Å². The molecule has 0 heterocycles. The van der Waals surface area contributed by atoms with Gasteiger partial charge in [0.25, 0.3) is 0 Å². The minimum Gasteiger partial charge on any atom is -0.508 e. The Labute approximate surface area is 139 Å². The molecule has 128 valence electrons. The van der Waals surface area contributed by atoms with Gasteiger partial charge in [-0.15, -0.1) is 0 Å². The van der Waals surface area contributed by atoms with Gasteiger partial charge in [-0.05, 0) is 69.1 Å². The third-order valence-corrected chi connectivity index (χ3v) is 5.12. The maximum atomic E-state index is 10.5. The first-order chi connectivity index (χ1) is 10.8. The van der Waals surface area contributed by atoms with Crippen LogP contribution in [0.2, 0.25) is 0 Å². The zero-order valence-electron chi connectivity index (χ0n) is 14.7. The van der Waals surface area contributed by atoms with Crippen LogP contribution in [0.3, 0.4) is 0 Å². The monoisotopic (exact) mass is 318 g/mol. The Balaban J connectivity index is 2.34. The fourth-order valence-electron chi connectivity index (χ4n) is 3.85.